The van der Waals surface area contributed by atoms with Gasteiger partial charge in [-0.3, -0.25) is 4.99 Å². The highest BCUT2D eigenvalue weighted by atomic mass is 32.1. The fourth-order valence-electron chi connectivity index (χ4n) is 2.38. The molecule has 4 heteroatoms. The molecular weight excluding hydrogens is 304 g/mol. The lowest BCUT2D eigenvalue weighted by Gasteiger charge is -2.16. The van der Waals surface area contributed by atoms with E-state index in [2.05, 4.69) is 51.7 Å². The maximum atomic E-state index is 5.51. The number of aliphatic imine (C=N–C) groups is 1. The highest BCUT2D eigenvalue weighted by molar-refractivity contribution is 7.13. The molecule has 0 aliphatic rings. The quantitative estimate of drug-likeness (QED) is 0.612. The van der Waals surface area contributed by atoms with Gasteiger partial charge in [0.25, 0.3) is 0 Å². The summed E-state index contributed by atoms with van der Waals surface area (Å²) < 4.78 is 5.51. The SMILES string of the molecule is CCC(C)C(C)=Nc1cc(C(C)OC)cc(-c2nccs2)c1C. The molecule has 3 nitrogen and oxygen atoms in total. The molecule has 1 heterocycles. The normalized spacial score (nSPS) is 14.8. The lowest BCUT2D eigenvalue weighted by Crippen LogP contribution is -2.05. The molecule has 0 fully saturated rings. The van der Waals surface area contributed by atoms with Gasteiger partial charge in [0.15, 0.2) is 0 Å². The van der Waals surface area contributed by atoms with Crippen LogP contribution in [0, 0.1) is 12.8 Å². The van der Waals surface area contributed by atoms with Crippen molar-refractivity contribution in [2.45, 2.75) is 47.1 Å². The molecule has 2 atom stereocenters. The van der Waals surface area contributed by atoms with Crippen LogP contribution in [0.15, 0.2) is 28.7 Å². The Bertz CT molecular complexity index is 677. The first-order chi connectivity index (χ1) is 11.0. The van der Waals surface area contributed by atoms with Crippen molar-refractivity contribution in [2.75, 3.05) is 7.11 Å². The maximum Gasteiger partial charge on any atom is 0.123 e. The zero-order valence-corrected chi connectivity index (χ0v) is 15.7. The second-order valence-electron chi connectivity index (χ2n) is 5.99. The number of thiazole rings is 1. The number of rotatable bonds is 6. The lowest BCUT2D eigenvalue weighted by molar-refractivity contribution is 0.119. The summed E-state index contributed by atoms with van der Waals surface area (Å²) in [5.74, 6) is 0.487. The van der Waals surface area contributed by atoms with Gasteiger partial charge in [-0.05, 0) is 56.4 Å². The lowest BCUT2D eigenvalue weighted by atomic mass is 9.99. The highest BCUT2D eigenvalue weighted by Gasteiger charge is 2.15. The Labute approximate surface area is 143 Å². The van der Waals surface area contributed by atoms with Gasteiger partial charge in [-0.25, -0.2) is 4.98 Å². The zero-order valence-electron chi connectivity index (χ0n) is 14.9. The summed E-state index contributed by atoms with van der Waals surface area (Å²) in [7, 11) is 1.74. The van der Waals surface area contributed by atoms with E-state index < -0.39 is 0 Å². The molecule has 0 saturated carbocycles. The summed E-state index contributed by atoms with van der Waals surface area (Å²) in [6.07, 6.45) is 2.98. The van der Waals surface area contributed by atoms with Crippen LogP contribution in [0.4, 0.5) is 5.69 Å². The first-order valence-corrected chi connectivity index (χ1v) is 8.98. The van der Waals surface area contributed by atoms with Gasteiger partial charge in [0.05, 0.1) is 11.8 Å². The Hall–Kier alpha value is -1.52. The van der Waals surface area contributed by atoms with Gasteiger partial charge >= 0.3 is 0 Å². The van der Waals surface area contributed by atoms with Crippen molar-refractivity contribution in [1.82, 2.24) is 4.98 Å². The molecular formula is C19H26N2OS. The van der Waals surface area contributed by atoms with Crippen molar-refractivity contribution >= 4 is 22.7 Å². The minimum Gasteiger partial charge on any atom is -0.377 e. The molecule has 0 saturated heterocycles. The average Bonchev–Trinajstić information content (AvgIpc) is 3.09. The predicted molar refractivity (Wildman–Crippen MR) is 99.9 cm³/mol. The molecule has 0 aliphatic carbocycles. The zero-order chi connectivity index (χ0) is 17.0. The van der Waals surface area contributed by atoms with Gasteiger partial charge in [0.2, 0.25) is 0 Å². The Morgan fingerprint density at radius 3 is 2.65 bits per heavy atom. The van der Waals surface area contributed by atoms with E-state index >= 15 is 0 Å². The molecule has 0 aliphatic heterocycles. The fraction of sp³-hybridized carbons (Fsp3) is 0.474. The number of methoxy groups -OCH3 is 1. The summed E-state index contributed by atoms with van der Waals surface area (Å²) in [5.41, 5.74) is 5.66. The van der Waals surface area contributed by atoms with Crippen LogP contribution < -0.4 is 0 Å². The summed E-state index contributed by atoms with van der Waals surface area (Å²) in [6.45, 7) is 10.7. The van der Waals surface area contributed by atoms with E-state index in [-0.39, 0.29) is 6.10 Å². The molecule has 2 aromatic rings. The number of nitrogens with zero attached hydrogens (tertiary/aromatic N) is 2. The monoisotopic (exact) mass is 330 g/mol. The number of aromatic nitrogens is 1. The second-order valence-corrected chi connectivity index (χ2v) is 6.88. The minimum absolute atomic E-state index is 0.0344. The van der Waals surface area contributed by atoms with E-state index in [0.29, 0.717) is 5.92 Å². The third-order valence-corrected chi connectivity index (χ3v) is 5.32. The van der Waals surface area contributed by atoms with Crippen molar-refractivity contribution in [3.63, 3.8) is 0 Å². The topological polar surface area (TPSA) is 34.5 Å². The van der Waals surface area contributed by atoms with Crippen molar-refractivity contribution in [1.29, 1.82) is 0 Å². The van der Waals surface area contributed by atoms with Gasteiger partial charge in [-0.15, -0.1) is 11.3 Å². The van der Waals surface area contributed by atoms with Crippen LogP contribution >= 0.6 is 11.3 Å². The van der Waals surface area contributed by atoms with Gasteiger partial charge < -0.3 is 4.74 Å². The first kappa shape index (κ1) is 17.8. The van der Waals surface area contributed by atoms with E-state index in [1.807, 2.05) is 11.6 Å². The summed E-state index contributed by atoms with van der Waals surface area (Å²) in [5, 5.41) is 3.04. The Kier molecular flexibility index (Phi) is 6.08. The smallest absolute Gasteiger partial charge is 0.123 e. The molecule has 0 N–H and O–H groups in total. The summed E-state index contributed by atoms with van der Waals surface area (Å²) in [6, 6.07) is 4.33. The first-order valence-electron chi connectivity index (χ1n) is 8.10. The maximum absolute atomic E-state index is 5.51. The number of hydrogen-bond acceptors (Lipinski definition) is 4. The van der Waals surface area contributed by atoms with Crippen molar-refractivity contribution in [3.8, 4) is 10.6 Å². The third-order valence-electron chi connectivity index (χ3n) is 4.51. The molecule has 23 heavy (non-hydrogen) atoms. The number of benzene rings is 1. The summed E-state index contributed by atoms with van der Waals surface area (Å²) in [4.78, 5) is 9.39. The van der Waals surface area contributed by atoms with E-state index in [4.69, 9.17) is 9.73 Å². The van der Waals surface area contributed by atoms with Gasteiger partial charge in [-0.2, -0.15) is 0 Å². The Morgan fingerprint density at radius 2 is 2.09 bits per heavy atom. The van der Waals surface area contributed by atoms with E-state index in [0.717, 1.165) is 28.2 Å². The average molecular weight is 330 g/mol. The van der Waals surface area contributed by atoms with Crippen LogP contribution in [0.2, 0.25) is 0 Å². The largest absolute Gasteiger partial charge is 0.377 e. The summed E-state index contributed by atoms with van der Waals surface area (Å²) >= 11 is 1.66. The van der Waals surface area contributed by atoms with Crippen LogP contribution in [0.3, 0.4) is 0 Å². The van der Waals surface area contributed by atoms with Gasteiger partial charge in [0, 0.05) is 30.0 Å². The van der Waals surface area contributed by atoms with Crippen LogP contribution in [0.25, 0.3) is 10.6 Å². The van der Waals surface area contributed by atoms with Crippen LogP contribution in [-0.4, -0.2) is 17.8 Å². The van der Waals surface area contributed by atoms with Gasteiger partial charge in [0.1, 0.15) is 5.01 Å². The van der Waals surface area contributed by atoms with Crippen LogP contribution in [0.5, 0.6) is 0 Å². The minimum atomic E-state index is 0.0344. The Balaban J connectivity index is 2.59. The molecule has 124 valence electrons. The molecule has 2 rings (SSSR count). The third kappa shape index (κ3) is 4.06. The highest BCUT2D eigenvalue weighted by Crippen LogP contribution is 2.35. The van der Waals surface area contributed by atoms with Crippen molar-refractivity contribution < 1.29 is 4.74 Å². The van der Waals surface area contributed by atoms with Crippen molar-refractivity contribution in [3.05, 3.63) is 34.8 Å². The molecule has 1 aromatic carbocycles. The number of hydrogen-bond donors (Lipinski definition) is 0. The van der Waals surface area contributed by atoms with Crippen LogP contribution in [-0.2, 0) is 4.74 Å². The van der Waals surface area contributed by atoms with Crippen molar-refractivity contribution in [2.24, 2.45) is 10.9 Å². The van der Waals surface area contributed by atoms with Crippen LogP contribution in [0.1, 0.15) is 51.3 Å². The Morgan fingerprint density at radius 1 is 1.35 bits per heavy atom. The second kappa shape index (κ2) is 7.84. The van der Waals surface area contributed by atoms with Gasteiger partial charge in [-0.1, -0.05) is 13.8 Å². The molecule has 0 bridgehead atoms. The molecule has 1 aromatic heterocycles. The number of ether oxygens (including phenoxy) is 1. The van der Waals surface area contributed by atoms with E-state index in [1.54, 1.807) is 18.4 Å². The predicted octanol–water partition coefficient (Wildman–Crippen LogP) is 5.96. The molecule has 0 radical (unpaired) electrons. The molecule has 0 spiro atoms. The van der Waals surface area contributed by atoms with E-state index in [1.165, 1.54) is 11.3 Å². The molecule has 2 unspecified atom stereocenters. The fourth-order valence-corrected chi connectivity index (χ4v) is 3.09. The van der Waals surface area contributed by atoms with E-state index in [9.17, 15) is 0 Å². The standard InChI is InChI=1S/C19H26N2OS/c1-7-12(2)14(4)21-18-11-16(15(5)22-6)10-17(13(18)3)19-20-8-9-23-19/h8-12,15H,7H2,1-6H3. The molecule has 0 amide bonds.